The Labute approximate surface area is 275 Å². The minimum Gasteiger partial charge on any atom is -0.385 e. The van der Waals surface area contributed by atoms with Gasteiger partial charge < -0.3 is 10.2 Å². The van der Waals surface area contributed by atoms with Crippen molar-refractivity contribution in [1.82, 2.24) is 0 Å². The van der Waals surface area contributed by atoms with Gasteiger partial charge in [0.2, 0.25) is 0 Å². The van der Waals surface area contributed by atoms with E-state index in [-0.39, 0.29) is 17.0 Å². The van der Waals surface area contributed by atoms with Crippen LogP contribution in [0.5, 0.6) is 0 Å². The molecule has 4 atom stereocenters. The molecule has 248 valence electrons. The van der Waals surface area contributed by atoms with Crippen molar-refractivity contribution in [3.8, 4) is 0 Å². The lowest BCUT2D eigenvalue weighted by molar-refractivity contribution is -0.544. The third kappa shape index (κ3) is 7.92. The van der Waals surface area contributed by atoms with Gasteiger partial charge in [-0.3, -0.25) is 9.59 Å². The van der Waals surface area contributed by atoms with E-state index in [0.717, 1.165) is 27.9 Å². The zero-order chi connectivity index (χ0) is 34.5. The Balaban J connectivity index is 1.55. The standard InChI is InChI=1S/C40H52O6/c1-27(17-13-19-29(3)21-22-32-31(5)35(43)33(41)25-37(32,6)7)15-11-12-16-28(2)18-14-20-30(4)23-24-40-38(8,9)26-34(42)36(44)39(40,10)45-46-40/h11-24,33-34,41-42H,25-26H2,1-10H3/b12-11+,17-13+,18-14+,22-21+,24-23+,27-15+,28-16+,29-19+,30-20+. The van der Waals surface area contributed by atoms with Crippen LogP contribution in [0, 0.1) is 10.8 Å². The molecule has 0 spiro atoms. The maximum absolute atomic E-state index is 12.7. The molecule has 0 aromatic carbocycles. The Morgan fingerprint density at radius 1 is 0.696 bits per heavy atom. The highest BCUT2D eigenvalue weighted by atomic mass is 17.3. The van der Waals surface area contributed by atoms with E-state index >= 15 is 0 Å². The lowest BCUT2D eigenvalue weighted by Gasteiger charge is -2.62. The second-order valence-electron chi connectivity index (χ2n) is 14.3. The fourth-order valence-electron chi connectivity index (χ4n) is 6.43. The van der Waals surface area contributed by atoms with Crippen molar-refractivity contribution in [2.45, 2.75) is 105 Å². The fourth-order valence-corrected chi connectivity index (χ4v) is 6.43. The number of aliphatic hydroxyl groups excluding tert-OH is 2. The fraction of sp³-hybridized carbons (Fsp3) is 0.450. The van der Waals surface area contributed by atoms with E-state index in [1.54, 1.807) is 13.8 Å². The minimum absolute atomic E-state index is 0.180. The second-order valence-corrected chi connectivity index (χ2v) is 14.3. The normalized spacial score (nSPS) is 31.3. The van der Waals surface area contributed by atoms with Gasteiger partial charge in [0.15, 0.2) is 22.8 Å². The van der Waals surface area contributed by atoms with Crippen LogP contribution in [0.25, 0.3) is 0 Å². The summed E-state index contributed by atoms with van der Waals surface area (Å²) in [7, 11) is 0. The highest BCUT2D eigenvalue weighted by Crippen LogP contribution is 2.58. The van der Waals surface area contributed by atoms with Gasteiger partial charge in [-0.25, -0.2) is 9.78 Å². The summed E-state index contributed by atoms with van der Waals surface area (Å²) in [6, 6.07) is 0. The summed E-state index contributed by atoms with van der Waals surface area (Å²) < 4.78 is 0. The average Bonchev–Trinajstić information content (AvgIpc) is 2.95. The molecule has 1 aliphatic heterocycles. The van der Waals surface area contributed by atoms with Crippen LogP contribution in [0.1, 0.15) is 82.1 Å². The predicted molar refractivity (Wildman–Crippen MR) is 186 cm³/mol. The number of rotatable bonds is 10. The van der Waals surface area contributed by atoms with E-state index in [1.807, 2.05) is 127 Å². The molecule has 3 aliphatic rings. The monoisotopic (exact) mass is 628 g/mol. The van der Waals surface area contributed by atoms with Gasteiger partial charge in [-0.05, 0) is 77.0 Å². The van der Waals surface area contributed by atoms with Crippen LogP contribution in [0.2, 0.25) is 0 Å². The first-order chi connectivity index (χ1) is 21.4. The van der Waals surface area contributed by atoms with Gasteiger partial charge >= 0.3 is 0 Å². The first-order valence-corrected chi connectivity index (χ1v) is 16.0. The maximum Gasteiger partial charge on any atom is 0.199 e. The molecule has 0 amide bonds. The summed E-state index contributed by atoms with van der Waals surface area (Å²) in [5, 5.41) is 20.3. The molecule has 0 radical (unpaired) electrons. The highest BCUT2D eigenvalue weighted by Gasteiger charge is 2.74. The predicted octanol–water partition coefficient (Wildman–Crippen LogP) is 8.05. The first-order valence-electron chi connectivity index (χ1n) is 16.0. The summed E-state index contributed by atoms with van der Waals surface area (Å²) in [6.45, 7) is 19.7. The molecular weight excluding hydrogens is 576 g/mol. The smallest absolute Gasteiger partial charge is 0.199 e. The van der Waals surface area contributed by atoms with E-state index in [0.29, 0.717) is 18.4 Å². The number of hydrogen-bond donors (Lipinski definition) is 2. The zero-order valence-corrected chi connectivity index (χ0v) is 29.2. The van der Waals surface area contributed by atoms with Gasteiger partial charge in [0.1, 0.15) is 12.2 Å². The number of allylic oxidation sites excluding steroid dienone is 18. The van der Waals surface area contributed by atoms with Gasteiger partial charge in [-0.2, -0.15) is 0 Å². The molecular formula is C40H52O6. The molecule has 1 heterocycles. The topological polar surface area (TPSA) is 93.1 Å². The number of Topliss-reactive ketones (excluding diaryl/α,β-unsaturated/α-hetero) is 2. The largest absolute Gasteiger partial charge is 0.385 e. The molecule has 1 saturated heterocycles. The van der Waals surface area contributed by atoms with Crippen LogP contribution in [0.3, 0.4) is 0 Å². The van der Waals surface area contributed by atoms with Crippen LogP contribution in [-0.2, 0) is 19.4 Å². The van der Waals surface area contributed by atoms with Crippen LogP contribution >= 0.6 is 0 Å². The molecule has 0 aromatic heterocycles. The van der Waals surface area contributed by atoms with E-state index in [9.17, 15) is 19.8 Å². The second kappa shape index (κ2) is 14.6. The van der Waals surface area contributed by atoms with Gasteiger partial charge in [0, 0.05) is 5.41 Å². The van der Waals surface area contributed by atoms with Crippen LogP contribution < -0.4 is 0 Å². The van der Waals surface area contributed by atoms with Crippen molar-refractivity contribution in [2.75, 3.05) is 0 Å². The molecule has 2 aliphatic carbocycles. The molecule has 46 heavy (non-hydrogen) atoms. The van der Waals surface area contributed by atoms with Crippen molar-refractivity contribution < 1.29 is 29.6 Å². The lowest BCUT2D eigenvalue weighted by atomic mass is 9.56. The average molecular weight is 629 g/mol. The molecule has 1 saturated carbocycles. The number of hydrogen-bond acceptors (Lipinski definition) is 6. The summed E-state index contributed by atoms with van der Waals surface area (Å²) in [4.78, 5) is 35.8. The quantitative estimate of drug-likeness (QED) is 0.188. The van der Waals surface area contributed by atoms with Crippen molar-refractivity contribution in [2.24, 2.45) is 10.8 Å². The van der Waals surface area contributed by atoms with Crippen LogP contribution in [-0.4, -0.2) is 45.2 Å². The number of carbonyl (C=O) groups is 2. The number of fused-ring (bicyclic) bond motifs is 1. The van der Waals surface area contributed by atoms with Crippen LogP contribution in [0.15, 0.2) is 119 Å². The number of ketones is 2. The Morgan fingerprint density at radius 2 is 1.20 bits per heavy atom. The van der Waals surface area contributed by atoms with Crippen molar-refractivity contribution in [3.05, 3.63) is 119 Å². The third-order valence-corrected chi connectivity index (χ3v) is 9.40. The first kappa shape index (κ1) is 37.0. The molecule has 2 N–H and O–H groups in total. The summed E-state index contributed by atoms with van der Waals surface area (Å²) in [5.74, 6) is -0.522. The summed E-state index contributed by atoms with van der Waals surface area (Å²) in [6.07, 6.45) is 26.8. The van der Waals surface area contributed by atoms with E-state index in [4.69, 9.17) is 9.78 Å². The molecule has 6 nitrogen and oxygen atoms in total. The van der Waals surface area contributed by atoms with Crippen LogP contribution in [0.4, 0.5) is 0 Å². The Morgan fingerprint density at radius 3 is 1.72 bits per heavy atom. The van der Waals surface area contributed by atoms with E-state index in [2.05, 4.69) is 13.8 Å². The molecule has 3 rings (SSSR count). The summed E-state index contributed by atoms with van der Waals surface area (Å²) in [5.41, 5.74) is 3.00. The number of carbonyl (C=O) groups excluding carboxylic acids is 2. The Hall–Kier alpha value is -3.42. The van der Waals surface area contributed by atoms with Crippen molar-refractivity contribution >= 4 is 11.6 Å². The van der Waals surface area contributed by atoms with E-state index in [1.165, 1.54) is 0 Å². The molecule has 4 unspecified atom stereocenters. The SMILES string of the molecule is CC1=C(/C=C/C(C)=C/C=C/C(C)=C/C=C/C=C(C)/C=C/C=C(C)/C=C/C23OOC2(C)C(=O)C(O)CC3(C)C)C(C)(C)CC(O)C1=O. The van der Waals surface area contributed by atoms with E-state index < -0.39 is 28.8 Å². The van der Waals surface area contributed by atoms with Crippen molar-refractivity contribution in [1.29, 1.82) is 0 Å². The lowest BCUT2D eigenvalue weighted by Crippen LogP contribution is -2.78. The van der Waals surface area contributed by atoms with Gasteiger partial charge in [-0.15, -0.1) is 0 Å². The van der Waals surface area contributed by atoms with Gasteiger partial charge in [-0.1, -0.05) is 129 Å². The van der Waals surface area contributed by atoms with Gasteiger partial charge in [0.25, 0.3) is 0 Å². The minimum atomic E-state index is -1.21. The molecule has 6 heteroatoms. The molecule has 0 aromatic rings. The number of aliphatic hydroxyl groups is 2. The maximum atomic E-state index is 12.7. The molecule has 0 bridgehead atoms. The zero-order valence-electron chi connectivity index (χ0n) is 29.2. The third-order valence-electron chi connectivity index (χ3n) is 9.40. The van der Waals surface area contributed by atoms with Crippen molar-refractivity contribution in [3.63, 3.8) is 0 Å². The van der Waals surface area contributed by atoms with Gasteiger partial charge in [0.05, 0.1) is 0 Å². The summed E-state index contributed by atoms with van der Waals surface area (Å²) >= 11 is 0. The highest BCUT2D eigenvalue weighted by molar-refractivity contribution is 6.00. The molecule has 2 fully saturated rings. The Bertz CT molecular complexity index is 1520. The Kier molecular flexibility index (Phi) is 11.7.